The number of carbonyl (C=O) groups is 2. The van der Waals surface area contributed by atoms with Gasteiger partial charge in [-0.25, -0.2) is 0 Å². The Kier molecular flexibility index (Phi) is 6.45. The molecule has 0 radical (unpaired) electrons. The van der Waals surface area contributed by atoms with Crippen molar-refractivity contribution < 1.29 is 9.59 Å². The van der Waals surface area contributed by atoms with E-state index in [-0.39, 0.29) is 24.2 Å². The van der Waals surface area contributed by atoms with Gasteiger partial charge in [0.15, 0.2) is 0 Å². The normalized spacial score (nSPS) is 15.2. The van der Waals surface area contributed by atoms with E-state index in [1.165, 1.54) is 0 Å². The van der Waals surface area contributed by atoms with Crippen LogP contribution in [-0.4, -0.2) is 61.4 Å². The molecule has 1 aromatic carbocycles. The second-order valence-corrected chi connectivity index (χ2v) is 4.83. The van der Waals surface area contributed by atoms with Crippen LogP contribution in [0.2, 0.25) is 0 Å². The molecule has 0 atom stereocenters. The van der Waals surface area contributed by atoms with E-state index in [2.05, 4.69) is 5.32 Å². The number of hydrogen-bond acceptors (Lipinski definition) is 4. The van der Waals surface area contributed by atoms with Gasteiger partial charge >= 0.3 is 0 Å². The van der Waals surface area contributed by atoms with Crippen LogP contribution in [-0.2, 0) is 4.79 Å². The second kappa shape index (κ2) is 7.85. The van der Waals surface area contributed by atoms with Crippen molar-refractivity contribution >= 4 is 29.9 Å². The van der Waals surface area contributed by atoms with E-state index >= 15 is 0 Å². The molecule has 1 heterocycles. The van der Waals surface area contributed by atoms with Crippen molar-refractivity contribution in [1.82, 2.24) is 15.1 Å². The molecule has 7 heteroatoms. The number of para-hydroxylation sites is 1. The molecule has 0 spiro atoms. The van der Waals surface area contributed by atoms with Crippen molar-refractivity contribution in [3.05, 3.63) is 29.8 Å². The fourth-order valence-corrected chi connectivity index (χ4v) is 2.25. The average molecular weight is 313 g/mol. The van der Waals surface area contributed by atoms with E-state index in [1.54, 1.807) is 24.1 Å². The Hall–Kier alpha value is -1.79. The minimum atomic E-state index is -0.0392. The van der Waals surface area contributed by atoms with Gasteiger partial charge in [-0.05, 0) is 12.1 Å². The summed E-state index contributed by atoms with van der Waals surface area (Å²) >= 11 is 0. The average Bonchev–Trinajstić information content (AvgIpc) is 2.47. The van der Waals surface area contributed by atoms with Gasteiger partial charge in [-0.15, -0.1) is 12.4 Å². The molecule has 2 amide bonds. The van der Waals surface area contributed by atoms with Gasteiger partial charge < -0.3 is 16.0 Å². The van der Waals surface area contributed by atoms with Crippen LogP contribution in [0.5, 0.6) is 0 Å². The molecule has 0 aliphatic carbocycles. The number of piperazine rings is 1. The molecule has 1 aliphatic rings. The van der Waals surface area contributed by atoms with Crippen molar-refractivity contribution in [1.29, 1.82) is 0 Å². The zero-order chi connectivity index (χ0) is 14.5. The number of nitrogens with two attached hydrogens (primary N) is 1. The molecule has 6 nitrogen and oxygen atoms in total. The Morgan fingerprint density at radius 3 is 2.38 bits per heavy atom. The standard InChI is InChI=1S/C14H20N4O2.ClH/c1-16-13(19)10-17-6-8-18(9-7-17)14(20)11-4-2-3-5-12(11)15;/h2-5H,6-10,15H2,1H3,(H,16,19);1H. The Labute approximate surface area is 130 Å². The van der Waals surface area contributed by atoms with Crippen LogP contribution in [0, 0.1) is 0 Å². The third kappa shape index (κ3) is 4.34. The fraction of sp³-hybridized carbons (Fsp3) is 0.429. The molecule has 1 fully saturated rings. The largest absolute Gasteiger partial charge is 0.398 e. The van der Waals surface area contributed by atoms with E-state index in [0.29, 0.717) is 44.0 Å². The summed E-state index contributed by atoms with van der Waals surface area (Å²) in [6.07, 6.45) is 0. The number of carbonyl (C=O) groups excluding carboxylic acids is 2. The van der Waals surface area contributed by atoms with Crippen molar-refractivity contribution in [2.75, 3.05) is 45.5 Å². The lowest BCUT2D eigenvalue weighted by atomic mass is 10.1. The van der Waals surface area contributed by atoms with Crippen molar-refractivity contribution in [3.63, 3.8) is 0 Å². The summed E-state index contributed by atoms with van der Waals surface area (Å²) in [6.45, 7) is 3.01. The van der Waals surface area contributed by atoms with Crippen LogP contribution in [0.25, 0.3) is 0 Å². The lowest BCUT2D eigenvalue weighted by Gasteiger charge is -2.34. The molecular formula is C14H21ClN4O2. The van der Waals surface area contributed by atoms with Crippen LogP contribution >= 0.6 is 12.4 Å². The van der Waals surface area contributed by atoms with Crippen molar-refractivity contribution in [3.8, 4) is 0 Å². The van der Waals surface area contributed by atoms with Crippen LogP contribution in [0.4, 0.5) is 5.69 Å². The van der Waals surface area contributed by atoms with E-state index in [9.17, 15) is 9.59 Å². The highest BCUT2D eigenvalue weighted by Crippen LogP contribution is 2.14. The number of nitrogens with one attached hydrogen (secondary N) is 1. The quantitative estimate of drug-likeness (QED) is 0.781. The second-order valence-electron chi connectivity index (χ2n) is 4.83. The lowest BCUT2D eigenvalue weighted by molar-refractivity contribution is -0.122. The zero-order valence-electron chi connectivity index (χ0n) is 12.0. The number of likely N-dealkylation sites (N-methyl/N-ethyl adjacent to an activating group) is 1. The van der Waals surface area contributed by atoms with Gasteiger partial charge in [-0.1, -0.05) is 12.1 Å². The molecule has 0 unspecified atom stereocenters. The molecule has 21 heavy (non-hydrogen) atoms. The highest BCUT2D eigenvalue weighted by Gasteiger charge is 2.23. The predicted molar refractivity (Wildman–Crippen MR) is 84.5 cm³/mol. The third-order valence-corrected chi connectivity index (χ3v) is 3.50. The minimum Gasteiger partial charge on any atom is -0.398 e. The number of nitrogen functional groups attached to an aromatic ring is 1. The third-order valence-electron chi connectivity index (χ3n) is 3.50. The molecule has 0 saturated carbocycles. The molecule has 2 rings (SSSR count). The summed E-state index contributed by atoms with van der Waals surface area (Å²) in [5.41, 5.74) is 6.88. The summed E-state index contributed by atoms with van der Waals surface area (Å²) < 4.78 is 0. The first kappa shape index (κ1) is 17.3. The maximum atomic E-state index is 12.4. The fourth-order valence-electron chi connectivity index (χ4n) is 2.25. The van der Waals surface area contributed by atoms with Gasteiger partial charge in [0.1, 0.15) is 0 Å². The number of halogens is 1. The number of rotatable bonds is 3. The Morgan fingerprint density at radius 2 is 1.81 bits per heavy atom. The van der Waals surface area contributed by atoms with E-state index in [0.717, 1.165) is 0 Å². The van der Waals surface area contributed by atoms with Gasteiger partial charge in [-0.2, -0.15) is 0 Å². The lowest BCUT2D eigenvalue weighted by Crippen LogP contribution is -2.51. The molecule has 1 saturated heterocycles. The Bertz CT molecular complexity index is 502. The smallest absolute Gasteiger partial charge is 0.256 e. The molecular weight excluding hydrogens is 292 g/mol. The Balaban J connectivity index is 0.00000220. The van der Waals surface area contributed by atoms with Crippen LogP contribution in [0.15, 0.2) is 24.3 Å². The number of nitrogens with zero attached hydrogens (tertiary/aromatic N) is 2. The first-order valence-corrected chi connectivity index (χ1v) is 6.68. The van der Waals surface area contributed by atoms with Gasteiger partial charge in [0.2, 0.25) is 5.91 Å². The number of benzene rings is 1. The van der Waals surface area contributed by atoms with Gasteiger partial charge in [0.05, 0.1) is 12.1 Å². The van der Waals surface area contributed by atoms with Crippen LogP contribution in [0.3, 0.4) is 0 Å². The maximum Gasteiger partial charge on any atom is 0.256 e. The van der Waals surface area contributed by atoms with Gasteiger partial charge in [0.25, 0.3) is 5.91 Å². The molecule has 0 bridgehead atoms. The molecule has 1 aliphatic heterocycles. The van der Waals surface area contributed by atoms with E-state index in [1.807, 2.05) is 17.0 Å². The zero-order valence-corrected chi connectivity index (χ0v) is 12.9. The number of amides is 2. The van der Waals surface area contributed by atoms with Gasteiger partial charge in [0, 0.05) is 38.9 Å². The van der Waals surface area contributed by atoms with E-state index < -0.39 is 0 Å². The number of hydrogen-bond donors (Lipinski definition) is 2. The summed E-state index contributed by atoms with van der Waals surface area (Å²) in [6, 6.07) is 7.10. The van der Waals surface area contributed by atoms with Crippen molar-refractivity contribution in [2.45, 2.75) is 0 Å². The first-order valence-electron chi connectivity index (χ1n) is 6.68. The molecule has 116 valence electrons. The molecule has 3 N–H and O–H groups in total. The SMILES string of the molecule is CNC(=O)CN1CCN(C(=O)c2ccccc2N)CC1.Cl. The van der Waals surface area contributed by atoms with Crippen LogP contribution in [0.1, 0.15) is 10.4 Å². The minimum absolute atomic E-state index is 0. The topological polar surface area (TPSA) is 78.7 Å². The maximum absolute atomic E-state index is 12.4. The highest BCUT2D eigenvalue weighted by molar-refractivity contribution is 5.99. The van der Waals surface area contributed by atoms with E-state index in [4.69, 9.17) is 5.73 Å². The Morgan fingerprint density at radius 1 is 1.19 bits per heavy atom. The number of anilines is 1. The van der Waals surface area contributed by atoms with Gasteiger partial charge in [-0.3, -0.25) is 14.5 Å². The molecule has 0 aromatic heterocycles. The highest BCUT2D eigenvalue weighted by atomic mass is 35.5. The monoisotopic (exact) mass is 312 g/mol. The summed E-state index contributed by atoms with van der Waals surface area (Å²) in [4.78, 5) is 27.5. The molecule has 1 aromatic rings. The predicted octanol–water partition coefficient (Wildman–Crippen LogP) is 0.194. The summed E-state index contributed by atoms with van der Waals surface area (Å²) in [5, 5.41) is 2.60. The summed E-state index contributed by atoms with van der Waals surface area (Å²) in [7, 11) is 1.63. The van der Waals surface area contributed by atoms with Crippen molar-refractivity contribution in [2.24, 2.45) is 0 Å². The summed E-state index contributed by atoms with van der Waals surface area (Å²) in [5.74, 6) is -0.0419. The first-order chi connectivity index (χ1) is 9.61. The van der Waals surface area contributed by atoms with Crippen LogP contribution < -0.4 is 11.1 Å².